The van der Waals surface area contributed by atoms with Crippen molar-refractivity contribution < 1.29 is 4.39 Å². The Morgan fingerprint density at radius 2 is 2.00 bits per heavy atom. The van der Waals surface area contributed by atoms with E-state index < -0.39 is 0 Å². The summed E-state index contributed by atoms with van der Waals surface area (Å²) in [4.78, 5) is 4.62. The standard InChI is InChI=1S/C15H24FN3/c1-15(2)11-19(7-6-18(15)3)14-9-12(4-5-17)8-13(16)10-14/h8-10H,4-7,11,17H2,1-3H3. The summed E-state index contributed by atoms with van der Waals surface area (Å²) in [5.41, 5.74) is 7.62. The van der Waals surface area contributed by atoms with Crippen LogP contribution in [0.2, 0.25) is 0 Å². The Bertz CT molecular complexity index is 445. The number of likely N-dealkylation sites (N-methyl/N-ethyl adjacent to an activating group) is 1. The molecule has 1 saturated heterocycles. The molecule has 0 atom stereocenters. The molecule has 1 aromatic carbocycles. The van der Waals surface area contributed by atoms with E-state index in [1.807, 2.05) is 0 Å². The highest BCUT2D eigenvalue weighted by molar-refractivity contribution is 5.50. The van der Waals surface area contributed by atoms with Gasteiger partial charge in [-0.15, -0.1) is 0 Å². The van der Waals surface area contributed by atoms with Crippen LogP contribution in [0.1, 0.15) is 19.4 Å². The third-order valence-corrected chi connectivity index (χ3v) is 4.06. The largest absolute Gasteiger partial charge is 0.368 e. The molecule has 0 aliphatic carbocycles. The Labute approximate surface area is 115 Å². The van der Waals surface area contributed by atoms with Gasteiger partial charge >= 0.3 is 0 Å². The summed E-state index contributed by atoms with van der Waals surface area (Å²) in [5, 5.41) is 0. The van der Waals surface area contributed by atoms with Crippen molar-refractivity contribution in [3.63, 3.8) is 0 Å². The van der Waals surface area contributed by atoms with E-state index in [0.717, 1.165) is 37.3 Å². The van der Waals surface area contributed by atoms with Gasteiger partial charge in [0.05, 0.1) is 0 Å². The summed E-state index contributed by atoms with van der Waals surface area (Å²) in [6.45, 7) is 7.84. The topological polar surface area (TPSA) is 32.5 Å². The van der Waals surface area contributed by atoms with Crippen molar-refractivity contribution in [3.8, 4) is 0 Å². The lowest BCUT2D eigenvalue weighted by molar-refractivity contribution is 0.139. The van der Waals surface area contributed by atoms with Gasteiger partial charge in [0, 0.05) is 30.9 Å². The van der Waals surface area contributed by atoms with Crippen LogP contribution in [0, 0.1) is 5.82 Å². The monoisotopic (exact) mass is 265 g/mol. The van der Waals surface area contributed by atoms with Crippen molar-refractivity contribution in [1.82, 2.24) is 4.90 Å². The number of piperazine rings is 1. The smallest absolute Gasteiger partial charge is 0.125 e. The fourth-order valence-electron chi connectivity index (χ4n) is 2.59. The van der Waals surface area contributed by atoms with E-state index in [1.165, 1.54) is 0 Å². The molecule has 0 amide bonds. The number of halogens is 1. The highest BCUT2D eigenvalue weighted by atomic mass is 19.1. The van der Waals surface area contributed by atoms with E-state index in [9.17, 15) is 4.39 Å². The van der Waals surface area contributed by atoms with Crippen molar-refractivity contribution in [1.29, 1.82) is 0 Å². The molecule has 106 valence electrons. The van der Waals surface area contributed by atoms with Crippen molar-refractivity contribution in [2.24, 2.45) is 5.73 Å². The Morgan fingerprint density at radius 3 is 2.63 bits per heavy atom. The van der Waals surface area contributed by atoms with Crippen molar-refractivity contribution >= 4 is 5.69 Å². The van der Waals surface area contributed by atoms with Crippen LogP contribution in [-0.4, -0.2) is 43.7 Å². The first-order valence-electron chi connectivity index (χ1n) is 6.88. The molecular formula is C15H24FN3. The van der Waals surface area contributed by atoms with Crippen LogP contribution in [0.25, 0.3) is 0 Å². The van der Waals surface area contributed by atoms with Gasteiger partial charge < -0.3 is 10.6 Å². The van der Waals surface area contributed by atoms with Crippen LogP contribution < -0.4 is 10.6 Å². The molecule has 0 saturated carbocycles. The molecular weight excluding hydrogens is 241 g/mol. The maximum absolute atomic E-state index is 13.7. The second kappa shape index (κ2) is 5.47. The van der Waals surface area contributed by atoms with Gasteiger partial charge in [-0.3, -0.25) is 4.90 Å². The second-order valence-electron chi connectivity index (χ2n) is 6.01. The normalized spacial score (nSPS) is 19.7. The molecule has 1 aliphatic heterocycles. The average molecular weight is 265 g/mol. The summed E-state index contributed by atoms with van der Waals surface area (Å²) < 4.78 is 13.7. The minimum Gasteiger partial charge on any atom is -0.368 e. The number of hydrogen-bond donors (Lipinski definition) is 1. The maximum Gasteiger partial charge on any atom is 0.125 e. The summed E-state index contributed by atoms with van der Waals surface area (Å²) >= 11 is 0. The fraction of sp³-hybridized carbons (Fsp3) is 0.600. The Kier molecular flexibility index (Phi) is 4.11. The summed E-state index contributed by atoms with van der Waals surface area (Å²) in [6, 6.07) is 5.27. The van der Waals surface area contributed by atoms with Gasteiger partial charge in [0.1, 0.15) is 5.82 Å². The molecule has 1 fully saturated rings. The van der Waals surface area contributed by atoms with Crippen LogP contribution in [0.4, 0.5) is 10.1 Å². The molecule has 0 radical (unpaired) electrons. The predicted molar refractivity (Wildman–Crippen MR) is 78.1 cm³/mol. The lowest BCUT2D eigenvalue weighted by Gasteiger charge is -2.46. The van der Waals surface area contributed by atoms with Crippen LogP contribution in [0.3, 0.4) is 0 Å². The summed E-state index contributed by atoms with van der Waals surface area (Å²) in [7, 11) is 2.14. The maximum atomic E-state index is 13.7. The third kappa shape index (κ3) is 3.25. The number of nitrogens with zero attached hydrogens (tertiary/aromatic N) is 2. The number of nitrogens with two attached hydrogens (primary N) is 1. The van der Waals surface area contributed by atoms with Crippen LogP contribution >= 0.6 is 0 Å². The van der Waals surface area contributed by atoms with Gasteiger partial charge in [-0.25, -0.2) is 4.39 Å². The quantitative estimate of drug-likeness (QED) is 0.905. The van der Waals surface area contributed by atoms with Crippen LogP contribution in [-0.2, 0) is 6.42 Å². The Balaban J connectivity index is 2.22. The Morgan fingerprint density at radius 1 is 1.26 bits per heavy atom. The number of anilines is 1. The lowest BCUT2D eigenvalue weighted by Crippen LogP contribution is -2.57. The molecule has 1 aliphatic rings. The molecule has 0 bridgehead atoms. The lowest BCUT2D eigenvalue weighted by atomic mass is 9.99. The SMILES string of the molecule is CN1CCN(c2cc(F)cc(CCN)c2)CC1(C)C. The highest BCUT2D eigenvalue weighted by Gasteiger charge is 2.31. The van der Waals surface area contributed by atoms with Gasteiger partial charge in [-0.1, -0.05) is 0 Å². The number of hydrogen-bond acceptors (Lipinski definition) is 3. The van der Waals surface area contributed by atoms with Crippen molar-refractivity contribution in [2.75, 3.05) is 38.1 Å². The summed E-state index contributed by atoms with van der Waals surface area (Å²) in [6.07, 6.45) is 0.724. The summed E-state index contributed by atoms with van der Waals surface area (Å²) in [5.74, 6) is -0.169. The van der Waals surface area contributed by atoms with E-state index in [-0.39, 0.29) is 11.4 Å². The first kappa shape index (κ1) is 14.3. The molecule has 2 N–H and O–H groups in total. The van der Waals surface area contributed by atoms with Gasteiger partial charge in [-0.2, -0.15) is 0 Å². The Hall–Kier alpha value is -1.13. The molecule has 1 aromatic rings. The number of benzene rings is 1. The predicted octanol–water partition coefficient (Wildman–Crippen LogP) is 1.86. The molecule has 2 rings (SSSR count). The fourth-order valence-corrected chi connectivity index (χ4v) is 2.59. The third-order valence-electron chi connectivity index (χ3n) is 4.06. The minimum absolute atomic E-state index is 0.110. The zero-order valence-electron chi connectivity index (χ0n) is 12.1. The van der Waals surface area contributed by atoms with Gasteiger partial charge in [0.2, 0.25) is 0 Å². The second-order valence-corrected chi connectivity index (χ2v) is 6.01. The zero-order chi connectivity index (χ0) is 14.0. The molecule has 0 unspecified atom stereocenters. The number of rotatable bonds is 3. The molecule has 1 heterocycles. The first-order valence-corrected chi connectivity index (χ1v) is 6.88. The molecule has 4 heteroatoms. The average Bonchev–Trinajstić information content (AvgIpc) is 2.32. The van der Waals surface area contributed by atoms with E-state index in [0.29, 0.717) is 6.54 Å². The van der Waals surface area contributed by atoms with Gasteiger partial charge in [-0.05, 0) is 57.6 Å². The molecule has 19 heavy (non-hydrogen) atoms. The van der Waals surface area contributed by atoms with Gasteiger partial charge in [0.15, 0.2) is 0 Å². The van der Waals surface area contributed by atoms with E-state index in [1.54, 1.807) is 12.1 Å². The van der Waals surface area contributed by atoms with Crippen molar-refractivity contribution in [3.05, 3.63) is 29.6 Å². The van der Waals surface area contributed by atoms with E-state index in [4.69, 9.17) is 5.73 Å². The van der Waals surface area contributed by atoms with Gasteiger partial charge in [0.25, 0.3) is 0 Å². The molecule has 3 nitrogen and oxygen atoms in total. The molecule has 0 spiro atoms. The van der Waals surface area contributed by atoms with E-state index >= 15 is 0 Å². The van der Waals surface area contributed by atoms with Crippen molar-refractivity contribution in [2.45, 2.75) is 25.8 Å². The van der Waals surface area contributed by atoms with E-state index in [2.05, 4.69) is 36.8 Å². The highest BCUT2D eigenvalue weighted by Crippen LogP contribution is 2.26. The molecule has 0 aromatic heterocycles. The minimum atomic E-state index is -0.169. The van der Waals surface area contributed by atoms with Crippen LogP contribution in [0.15, 0.2) is 18.2 Å². The zero-order valence-corrected chi connectivity index (χ0v) is 12.1. The van der Waals surface area contributed by atoms with Crippen LogP contribution in [0.5, 0.6) is 0 Å². The first-order chi connectivity index (χ1) is 8.92.